The van der Waals surface area contributed by atoms with Gasteiger partial charge >= 0.3 is 0 Å². The Morgan fingerprint density at radius 3 is 1.00 bits per heavy atom. The van der Waals surface area contributed by atoms with Gasteiger partial charge in [-0.1, -0.05) is 95.2 Å². The average Bonchev–Trinajstić information content (AvgIpc) is 3.05. The van der Waals surface area contributed by atoms with Crippen LogP contribution in [0.3, 0.4) is 0 Å². The van der Waals surface area contributed by atoms with Crippen LogP contribution in [0.1, 0.15) is 168 Å². The molecule has 2 aromatic rings. The van der Waals surface area contributed by atoms with Crippen LogP contribution in [0.15, 0.2) is 34.3 Å². The van der Waals surface area contributed by atoms with E-state index in [-0.39, 0.29) is 38.4 Å². The SMILES string of the molecule is CCC(C)(CC)c1cc(C=NCCN=Cc2cc(C(C)(CC)CC)cc(C(C)(CC)CC)c2O)c(O)c(C(C)(CC)CC)c1.[Co]. The van der Waals surface area contributed by atoms with Gasteiger partial charge in [-0.2, -0.15) is 0 Å². The predicted molar refractivity (Wildman–Crippen MR) is 193 cm³/mol. The number of phenols is 2. The van der Waals surface area contributed by atoms with Gasteiger partial charge < -0.3 is 10.2 Å². The van der Waals surface area contributed by atoms with Crippen LogP contribution in [0.5, 0.6) is 11.5 Å². The van der Waals surface area contributed by atoms with Crippen molar-refractivity contribution in [3.63, 3.8) is 0 Å². The molecule has 0 saturated heterocycles. The Morgan fingerprint density at radius 1 is 0.489 bits per heavy atom. The van der Waals surface area contributed by atoms with E-state index in [0.717, 1.165) is 73.6 Å². The molecule has 255 valence electrons. The van der Waals surface area contributed by atoms with Crippen molar-refractivity contribution < 1.29 is 27.0 Å². The maximum atomic E-state index is 11.4. The number of nitrogens with zero attached hydrogens (tertiary/aromatic N) is 2. The van der Waals surface area contributed by atoms with Crippen molar-refractivity contribution in [3.05, 3.63) is 57.6 Å². The van der Waals surface area contributed by atoms with Crippen molar-refractivity contribution in [1.82, 2.24) is 0 Å². The van der Waals surface area contributed by atoms with Gasteiger partial charge in [-0.15, -0.1) is 0 Å². The van der Waals surface area contributed by atoms with E-state index in [1.165, 1.54) is 11.1 Å². The maximum absolute atomic E-state index is 11.4. The molecule has 2 aromatic carbocycles. The molecule has 1 radical (unpaired) electrons. The van der Waals surface area contributed by atoms with Gasteiger partial charge in [-0.05, 0) is 96.3 Å². The molecule has 0 fully saturated rings. The number of rotatable bonds is 17. The molecule has 0 aliphatic rings. The Morgan fingerprint density at radius 2 is 0.756 bits per heavy atom. The van der Waals surface area contributed by atoms with Crippen molar-refractivity contribution in [1.29, 1.82) is 0 Å². The summed E-state index contributed by atoms with van der Waals surface area (Å²) in [6.45, 7) is 27.9. The molecular weight excluding hydrogens is 599 g/mol. The number of aromatic hydroxyl groups is 2. The largest absolute Gasteiger partial charge is 0.507 e. The summed E-state index contributed by atoms with van der Waals surface area (Å²) >= 11 is 0. The molecule has 0 spiro atoms. The molecule has 0 heterocycles. The zero-order valence-corrected chi connectivity index (χ0v) is 31.7. The minimum absolute atomic E-state index is 0. The summed E-state index contributed by atoms with van der Waals surface area (Å²) in [7, 11) is 0. The van der Waals surface area contributed by atoms with E-state index in [1.807, 2.05) is 12.4 Å². The molecule has 0 aliphatic heterocycles. The average molecular weight is 664 g/mol. The second-order valence-electron chi connectivity index (χ2n) is 14.1. The Balaban J connectivity index is 0.0000101. The van der Waals surface area contributed by atoms with E-state index >= 15 is 0 Å². The first-order valence-corrected chi connectivity index (χ1v) is 17.5. The summed E-state index contributed by atoms with van der Waals surface area (Å²) < 4.78 is 0. The minimum Gasteiger partial charge on any atom is -0.507 e. The quantitative estimate of drug-likeness (QED) is 0.131. The minimum atomic E-state index is -0.0952. The van der Waals surface area contributed by atoms with Gasteiger partial charge in [-0.3, -0.25) is 9.98 Å². The van der Waals surface area contributed by atoms with Crippen LogP contribution in [-0.4, -0.2) is 35.7 Å². The van der Waals surface area contributed by atoms with E-state index in [9.17, 15) is 10.2 Å². The number of benzene rings is 2. The Labute approximate surface area is 286 Å². The first-order chi connectivity index (χ1) is 20.7. The molecule has 4 nitrogen and oxygen atoms in total. The van der Waals surface area contributed by atoms with Gasteiger partial charge in [0.15, 0.2) is 0 Å². The van der Waals surface area contributed by atoms with E-state index in [0.29, 0.717) is 24.6 Å². The fraction of sp³-hybridized carbons (Fsp3) is 0.650. The second-order valence-corrected chi connectivity index (χ2v) is 14.1. The predicted octanol–water partition coefficient (Wildman–Crippen LogP) is 10.9. The van der Waals surface area contributed by atoms with E-state index in [1.54, 1.807) is 0 Å². The molecule has 0 atom stereocenters. The summed E-state index contributed by atoms with van der Waals surface area (Å²) in [5.74, 6) is 0.696. The number of hydrogen-bond acceptors (Lipinski definition) is 4. The summed E-state index contributed by atoms with van der Waals surface area (Å²) in [6.07, 6.45) is 11.6. The standard InChI is InChI=1S/C40H64N2O2.Co/c1-13-37(9,14-2)31-23-29(35(43)33(25-31)39(11,17-5)18-6)27-41-21-22-42-28-30-24-32(38(10,15-3)16-4)26-34(36(30)44)40(12,19-7)20-8;/h23-28,43-44H,13-22H2,1-12H3;. The van der Waals surface area contributed by atoms with Gasteiger partial charge in [0, 0.05) is 51.5 Å². The number of hydrogen-bond donors (Lipinski definition) is 2. The molecule has 0 unspecified atom stereocenters. The van der Waals surface area contributed by atoms with Crippen molar-refractivity contribution in [2.75, 3.05) is 13.1 Å². The van der Waals surface area contributed by atoms with Crippen molar-refractivity contribution in [3.8, 4) is 11.5 Å². The molecule has 2 N–H and O–H groups in total. The molecule has 0 aromatic heterocycles. The molecule has 0 bridgehead atoms. The van der Waals surface area contributed by atoms with Crippen LogP contribution in [0.25, 0.3) is 0 Å². The normalized spacial score (nSPS) is 13.2. The van der Waals surface area contributed by atoms with Crippen LogP contribution in [0.2, 0.25) is 0 Å². The first kappa shape index (κ1) is 40.9. The van der Waals surface area contributed by atoms with E-state index < -0.39 is 0 Å². The third-order valence-electron chi connectivity index (χ3n) is 12.0. The van der Waals surface area contributed by atoms with Crippen LogP contribution >= 0.6 is 0 Å². The Hall–Kier alpha value is -2.11. The zero-order chi connectivity index (χ0) is 33.3. The van der Waals surface area contributed by atoms with Gasteiger partial charge in [0.05, 0.1) is 13.1 Å². The molecule has 45 heavy (non-hydrogen) atoms. The van der Waals surface area contributed by atoms with Crippen molar-refractivity contribution in [2.24, 2.45) is 9.98 Å². The Kier molecular flexibility index (Phi) is 15.6. The van der Waals surface area contributed by atoms with Gasteiger partial charge in [0.2, 0.25) is 0 Å². The smallest absolute Gasteiger partial charge is 0.128 e. The maximum Gasteiger partial charge on any atom is 0.128 e. The summed E-state index contributed by atoms with van der Waals surface area (Å²) in [5.41, 5.74) is 6.06. The molecule has 2 rings (SSSR count). The fourth-order valence-electron chi connectivity index (χ4n) is 6.15. The van der Waals surface area contributed by atoms with Crippen LogP contribution in [0.4, 0.5) is 0 Å². The van der Waals surface area contributed by atoms with Gasteiger partial charge in [-0.25, -0.2) is 0 Å². The number of phenolic OH excluding ortho intramolecular Hbond substituents is 2. The summed E-state index contributed by atoms with van der Waals surface area (Å²) in [5, 5.41) is 22.8. The molecular formula is C40H64CoN2O2. The van der Waals surface area contributed by atoms with E-state index in [2.05, 4.69) is 107 Å². The summed E-state index contributed by atoms with van der Waals surface area (Å²) in [6, 6.07) is 8.75. The molecule has 0 amide bonds. The molecule has 0 saturated carbocycles. The van der Waals surface area contributed by atoms with Crippen molar-refractivity contribution in [2.45, 2.75) is 156 Å². The first-order valence-electron chi connectivity index (χ1n) is 17.5. The van der Waals surface area contributed by atoms with Gasteiger partial charge in [0.25, 0.3) is 0 Å². The molecule has 0 aliphatic carbocycles. The van der Waals surface area contributed by atoms with Gasteiger partial charge in [0.1, 0.15) is 11.5 Å². The van der Waals surface area contributed by atoms with Crippen LogP contribution < -0.4 is 0 Å². The van der Waals surface area contributed by atoms with Crippen LogP contribution in [-0.2, 0) is 38.4 Å². The third-order valence-corrected chi connectivity index (χ3v) is 12.0. The van der Waals surface area contributed by atoms with Crippen LogP contribution in [0, 0.1) is 0 Å². The Bertz CT molecular complexity index is 1180. The zero-order valence-electron chi connectivity index (χ0n) is 30.7. The number of aliphatic imine (C=N–C) groups is 2. The third kappa shape index (κ3) is 8.83. The topological polar surface area (TPSA) is 65.2 Å². The molecule has 5 heteroatoms. The second kappa shape index (κ2) is 17.2. The monoisotopic (exact) mass is 663 g/mol. The fourth-order valence-corrected chi connectivity index (χ4v) is 6.15. The van der Waals surface area contributed by atoms with Crippen molar-refractivity contribution >= 4 is 12.4 Å². The summed E-state index contributed by atoms with van der Waals surface area (Å²) in [4.78, 5) is 9.42. The van der Waals surface area contributed by atoms with E-state index in [4.69, 9.17) is 9.98 Å².